The fraction of sp³-hybridized carbons (Fsp3) is 0.278. The number of rotatable bonds is 4. The maximum absolute atomic E-state index is 12.8. The van der Waals surface area contributed by atoms with Crippen molar-refractivity contribution in [3.63, 3.8) is 0 Å². The number of halogens is 3. The maximum atomic E-state index is 12.8. The van der Waals surface area contributed by atoms with Crippen LogP contribution in [0.1, 0.15) is 41.5 Å². The first-order valence-electron chi connectivity index (χ1n) is 8.08. The van der Waals surface area contributed by atoms with Gasteiger partial charge in [0.1, 0.15) is 0 Å². The van der Waals surface area contributed by atoms with E-state index in [0.717, 1.165) is 6.07 Å². The summed E-state index contributed by atoms with van der Waals surface area (Å²) in [6, 6.07) is 6.89. The zero-order chi connectivity index (χ0) is 19.8. The number of nitrogens with zero attached hydrogens (tertiary/aromatic N) is 2. The third-order valence-corrected chi connectivity index (χ3v) is 3.83. The molecule has 0 aliphatic rings. The quantitative estimate of drug-likeness (QED) is 0.704. The van der Waals surface area contributed by atoms with E-state index in [9.17, 15) is 18.0 Å². The molecule has 0 spiro atoms. The van der Waals surface area contributed by atoms with Crippen LogP contribution in [-0.2, 0) is 0 Å². The Hall–Kier alpha value is -3.10. The lowest BCUT2D eigenvalue weighted by Gasteiger charge is -2.14. The number of pyridine rings is 1. The molecule has 142 valence electrons. The average molecular weight is 379 g/mol. The number of amides is 1. The van der Waals surface area contributed by atoms with E-state index < -0.39 is 18.0 Å². The van der Waals surface area contributed by atoms with Gasteiger partial charge in [0, 0.05) is 5.69 Å². The lowest BCUT2D eigenvalue weighted by Crippen LogP contribution is -2.20. The van der Waals surface area contributed by atoms with Crippen LogP contribution >= 0.6 is 0 Å². The zero-order valence-electron chi connectivity index (χ0n) is 14.7. The van der Waals surface area contributed by atoms with E-state index in [1.54, 1.807) is 13.0 Å². The fourth-order valence-electron chi connectivity index (χ4n) is 2.56. The number of hydrogen-bond acceptors (Lipinski definition) is 5. The van der Waals surface area contributed by atoms with Crippen molar-refractivity contribution in [3.8, 4) is 5.75 Å². The van der Waals surface area contributed by atoms with Crippen LogP contribution in [0.4, 0.5) is 18.9 Å². The van der Waals surface area contributed by atoms with Gasteiger partial charge in [0.15, 0.2) is 5.75 Å². The molecule has 1 aromatic carbocycles. The van der Waals surface area contributed by atoms with Crippen LogP contribution in [0.25, 0.3) is 11.1 Å². The lowest BCUT2D eigenvalue weighted by atomic mass is 10.0. The maximum Gasteiger partial charge on any atom is 0.573 e. The Morgan fingerprint density at radius 1 is 1.26 bits per heavy atom. The molecule has 0 bridgehead atoms. The van der Waals surface area contributed by atoms with Gasteiger partial charge in [0.05, 0.1) is 22.3 Å². The molecule has 9 heteroatoms. The third-order valence-electron chi connectivity index (χ3n) is 3.83. The minimum absolute atomic E-state index is 0.00667. The molecule has 0 saturated heterocycles. The molecular weight excluding hydrogens is 363 g/mol. The molecule has 0 radical (unpaired) electrons. The number of carbonyl (C=O) groups excluding carboxylic acids is 1. The number of fused-ring (bicyclic) bond motifs is 1. The molecule has 1 amide bonds. The van der Waals surface area contributed by atoms with E-state index in [-0.39, 0.29) is 22.9 Å². The smallest absolute Gasteiger partial charge is 0.404 e. The molecule has 0 aliphatic heterocycles. The number of para-hydroxylation sites is 2. The number of aromatic nitrogens is 2. The minimum atomic E-state index is -4.87. The largest absolute Gasteiger partial charge is 0.573 e. The summed E-state index contributed by atoms with van der Waals surface area (Å²) >= 11 is 0. The fourth-order valence-corrected chi connectivity index (χ4v) is 2.56. The first kappa shape index (κ1) is 18.7. The highest BCUT2D eigenvalue weighted by molar-refractivity contribution is 6.12. The molecule has 6 nitrogen and oxygen atoms in total. The second-order valence-electron chi connectivity index (χ2n) is 6.20. The summed E-state index contributed by atoms with van der Waals surface area (Å²) in [7, 11) is 0. The number of benzene rings is 1. The SMILES string of the molecule is Cc1noc2nc(C(C)C)cc(C(=O)Nc3ccccc3OC(F)(F)F)c12. The second kappa shape index (κ2) is 6.90. The summed E-state index contributed by atoms with van der Waals surface area (Å²) < 4.78 is 46.9. The summed E-state index contributed by atoms with van der Waals surface area (Å²) in [4.78, 5) is 17.2. The molecule has 0 fully saturated rings. The first-order chi connectivity index (χ1) is 12.7. The van der Waals surface area contributed by atoms with Gasteiger partial charge in [-0.2, -0.15) is 0 Å². The Morgan fingerprint density at radius 3 is 2.63 bits per heavy atom. The number of ether oxygens (including phenoxy) is 1. The Labute approximate surface area is 152 Å². The number of hydrogen-bond donors (Lipinski definition) is 1. The van der Waals surface area contributed by atoms with Crippen molar-refractivity contribution in [2.75, 3.05) is 5.32 Å². The van der Waals surface area contributed by atoms with Crippen molar-refractivity contribution in [1.29, 1.82) is 0 Å². The van der Waals surface area contributed by atoms with Crippen LogP contribution in [0.3, 0.4) is 0 Å². The molecule has 27 heavy (non-hydrogen) atoms. The number of aryl methyl sites for hydroxylation is 1. The topological polar surface area (TPSA) is 77.2 Å². The lowest BCUT2D eigenvalue weighted by molar-refractivity contribution is -0.274. The van der Waals surface area contributed by atoms with Gasteiger partial charge in [-0.25, -0.2) is 4.98 Å². The summed E-state index contributed by atoms with van der Waals surface area (Å²) in [5.74, 6) is -1.11. The normalized spacial score (nSPS) is 11.8. The van der Waals surface area contributed by atoms with Crippen LogP contribution in [0.15, 0.2) is 34.9 Å². The predicted molar refractivity (Wildman–Crippen MR) is 91.7 cm³/mol. The minimum Gasteiger partial charge on any atom is -0.404 e. The third kappa shape index (κ3) is 4.02. The number of carbonyl (C=O) groups is 1. The van der Waals surface area contributed by atoms with Crippen LogP contribution in [0.5, 0.6) is 5.75 Å². The van der Waals surface area contributed by atoms with E-state index in [4.69, 9.17) is 4.52 Å². The van der Waals surface area contributed by atoms with Gasteiger partial charge < -0.3 is 14.6 Å². The first-order valence-corrected chi connectivity index (χ1v) is 8.08. The van der Waals surface area contributed by atoms with E-state index >= 15 is 0 Å². The van der Waals surface area contributed by atoms with Gasteiger partial charge >= 0.3 is 6.36 Å². The highest BCUT2D eigenvalue weighted by Crippen LogP contribution is 2.31. The van der Waals surface area contributed by atoms with Crippen LogP contribution in [-0.4, -0.2) is 22.4 Å². The average Bonchev–Trinajstić information content (AvgIpc) is 2.95. The summed E-state index contributed by atoms with van der Waals surface area (Å²) in [5, 5.41) is 6.69. The Morgan fingerprint density at radius 2 is 1.96 bits per heavy atom. The number of nitrogens with one attached hydrogen (secondary N) is 1. The standard InChI is InChI=1S/C18H16F3N3O3/c1-9(2)13-8-11(15-10(3)24-27-17(15)23-13)16(25)22-12-6-4-5-7-14(12)26-18(19,20)21/h4-9H,1-3H3,(H,22,25). The second-order valence-corrected chi connectivity index (χ2v) is 6.20. The number of anilines is 1. The highest BCUT2D eigenvalue weighted by atomic mass is 19.4. The molecular formula is C18H16F3N3O3. The molecule has 3 aromatic rings. The van der Waals surface area contributed by atoms with Crippen molar-refractivity contribution in [3.05, 3.63) is 47.3 Å². The zero-order valence-corrected chi connectivity index (χ0v) is 14.7. The van der Waals surface area contributed by atoms with Crippen molar-refractivity contribution >= 4 is 22.7 Å². The van der Waals surface area contributed by atoms with Gasteiger partial charge in [-0.05, 0) is 31.0 Å². The van der Waals surface area contributed by atoms with Crippen LogP contribution in [0, 0.1) is 6.92 Å². The Kier molecular flexibility index (Phi) is 4.77. The van der Waals surface area contributed by atoms with Crippen LogP contribution in [0.2, 0.25) is 0 Å². The van der Waals surface area contributed by atoms with Gasteiger partial charge in [-0.15, -0.1) is 13.2 Å². The summed E-state index contributed by atoms with van der Waals surface area (Å²) in [6.45, 7) is 5.44. The van der Waals surface area contributed by atoms with E-state index in [2.05, 4.69) is 20.2 Å². The summed E-state index contributed by atoms with van der Waals surface area (Å²) in [5.41, 5.74) is 1.36. The van der Waals surface area contributed by atoms with Gasteiger partial charge in [-0.3, -0.25) is 4.79 Å². The highest BCUT2D eigenvalue weighted by Gasteiger charge is 2.32. The van der Waals surface area contributed by atoms with Crippen molar-refractivity contribution in [1.82, 2.24) is 10.1 Å². The van der Waals surface area contributed by atoms with Gasteiger partial charge in [0.2, 0.25) is 0 Å². The predicted octanol–water partition coefficient (Wildman–Crippen LogP) is 4.81. The molecule has 0 unspecified atom stereocenters. The molecule has 0 aliphatic carbocycles. The van der Waals surface area contributed by atoms with Crippen molar-refractivity contribution in [2.24, 2.45) is 0 Å². The molecule has 2 heterocycles. The van der Waals surface area contributed by atoms with E-state index in [1.165, 1.54) is 18.2 Å². The number of alkyl halides is 3. The van der Waals surface area contributed by atoms with Gasteiger partial charge in [0.25, 0.3) is 11.6 Å². The Balaban J connectivity index is 2.02. The molecule has 1 N–H and O–H groups in total. The van der Waals surface area contributed by atoms with Crippen molar-refractivity contribution < 1.29 is 27.2 Å². The molecule has 0 atom stereocenters. The molecule has 3 rings (SSSR count). The molecule has 2 aromatic heterocycles. The van der Waals surface area contributed by atoms with Gasteiger partial charge in [-0.1, -0.05) is 31.1 Å². The van der Waals surface area contributed by atoms with E-state index in [1.807, 2.05) is 13.8 Å². The van der Waals surface area contributed by atoms with E-state index in [0.29, 0.717) is 16.8 Å². The summed E-state index contributed by atoms with van der Waals surface area (Å²) in [6.07, 6.45) is -4.87. The van der Waals surface area contributed by atoms with Crippen molar-refractivity contribution in [2.45, 2.75) is 33.1 Å². The van der Waals surface area contributed by atoms with Crippen LogP contribution < -0.4 is 10.1 Å². The Bertz CT molecular complexity index is 996. The monoisotopic (exact) mass is 379 g/mol. The molecule has 0 saturated carbocycles.